The van der Waals surface area contributed by atoms with E-state index in [4.69, 9.17) is 0 Å². The first-order valence-corrected chi connectivity index (χ1v) is 11.2. The standard InChI is InChI=1S/C17H21F3N4O2S2.HI/c1-3-21-16(22-9-8-15-24-14(11-27-15)17(18,19)20)23-10-12-4-6-13(7-5-12)28(2,25)26;/h4-7,11H,3,8-10H2,1-2H3,(H2,21,22,23);1H. The van der Waals surface area contributed by atoms with Crippen LogP contribution in [0.1, 0.15) is 23.2 Å². The minimum atomic E-state index is -4.43. The molecule has 0 unspecified atom stereocenters. The maximum atomic E-state index is 12.6. The Kier molecular flexibility index (Phi) is 9.82. The maximum absolute atomic E-state index is 12.6. The summed E-state index contributed by atoms with van der Waals surface area (Å²) >= 11 is 0.974. The molecule has 162 valence electrons. The monoisotopic (exact) mass is 562 g/mol. The summed E-state index contributed by atoms with van der Waals surface area (Å²) in [6.45, 7) is 3.22. The van der Waals surface area contributed by atoms with E-state index in [2.05, 4.69) is 20.6 Å². The van der Waals surface area contributed by atoms with Gasteiger partial charge in [-0.1, -0.05) is 12.1 Å². The van der Waals surface area contributed by atoms with Crippen molar-refractivity contribution in [2.45, 2.75) is 31.0 Å². The van der Waals surface area contributed by atoms with Gasteiger partial charge < -0.3 is 10.6 Å². The first kappa shape index (κ1) is 25.6. The first-order chi connectivity index (χ1) is 13.1. The number of thiazole rings is 1. The van der Waals surface area contributed by atoms with Crippen LogP contribution >= 0.6 is 35.3 Å². The molecular weight excluding hydrogens is 540 g/mol. The van der Waals surface area contributed by atoms with Crippen molar-refractivity contribution in [3.8, 4) is 0 Å². The highest BCUT2D eigenvalue weighted by molar-refractivity contribution is 14.0. The number of nitrogens with one attached hydrogen (secondary N) is 2. The molecule has 0 atom stereocenters. The third kappa shape index (κ3) is 8.46. The molecular formula is C17H22F3IN4O2S2. The molecule has 0 saturated carbocycles. The lowest BCUT2D eigenvalue weighted by Gasteiger charge is -2.10. The number of guanidine groups is 1. The van der Waals surface area contributed by atoms with E-state index in [1.54, 1.807) is 12.1 Å². The van der Waals surface area contributed by atoms with Gasteiger partial charge in [-0.15, -0.1) is 35.3 Å². The van der Waals surface area contributed by atoms with Crippen molar-refractivity contribution in [1.82, 2.24) is 15.6 Å². The van der Waals surface area contributed by atoms with Crippen molar-refractivity contribution in [2.24, 2.45) is 4.99 Å². The molecule has 1 heterocycles. The number of alkyl halides is 3. The molecule has 1 aromatic carbocycles. The molecule has 2 rings (SSSR count). The number of nitrogens with zero attached hydrogens (tertiary/aromatic N) is 2. The van der Waals surface area contributed by atoms with E-state index < -0.39 is 21.7 Å². The van der Waals surface area contributed by atoms with Crippen LogP contribution < -0.4 is 10.6 Å². The van der Waals surface area contributed by atoms with Crippen molar-refractivity contribution in [1.29, 1.82) is 0 Å². The van der Waals surface area contributed by atoms with Crippen molar-refractivity contribution in [3.05, 3.63) is 45.9 Å². The van der Waals surface area contributed by atoms with Crippen LogP contribution in [0.3, 0.4) is 0 Å². The molecule has 6 nitrogen and oxygen atoms in total. The lowest BCUT2D eigenvalue weighted by atomic mass is 10.2. The smallest absolute Gasteiger partial charge is 0.357 e. The summed E-state index contributed by atoms with van der Waals surface area (Å²) in [5.41, 5.74) is -0.0371. The van der Waals surface area contributed by atoms with E-state index in [9.17, 15) is 21.6 Å². The van der Waals surface area contributed by atoms with Crippen molar-refractivity contribution in [3.63, 3.8) is 0 Å². The lowest BCUT2D eigenvalue weighted by molar-refractivity contribution is -0.140. The fraction of sp³-hybridized carbons (Fsp3) is 0.412. The summed E-state index contributed by atoms with van der Waals surface area (Å²) < 4.78 is 60.7. The Balaban J connectivity index is 0.00000420. The van der Waals surface area contributed by atoms with Crippen LogP contribution in [-0.4, -0.2) is 38.7 Å². The number of hydrogen-bond donors (Lipinski definition) is 2. The molecule has 0 aliphatic heterocycles. The fourth-order valence-corrected chi connectivity index (χ4v) is 3.63. The molecule has 1 aromatic heterocycles. The number of rotatable bonds is 7. The topological polar surface area (TPSA) is 83.5 Å². The number of hydrogen-bond acceptors (Lipinski definition) is 5. The molecule has 12 heteroatoms. The number of sulfone groups is 1. The number of benzene rings is 1. The van der Waals surface area contributed by atoms with Crippen LogP contribution in [0.15, 0.2) is 39.5 Å². The highest BCUT2D eigenvalue weighted by Crippen LogP contribution is 2.29. The summed E-state index contributed by atoms with van der Waals surface area (Å²) in [4.78, 5) is 8.23. The molecule has 2 N–H and O–H groups in total. The third-order valence-corrected chi connectivity index (χ3v) is 5.63. The zero-order valence-electron chi connectivity index (χ0n) is 15.8. The highest BCUT2D eigenvalue weighted by Gasteiger charge is 2.33. The van der Waals surface area contributed by atoms with Crippen LogP contribution in [0.2, 0.25) is 0 Å². The average Bonchev–Trinajstić information content (AvgIpc) is 3.08. The quantitative estimate of drug-likeness (QED) is 0.307. The van der Waals surface area contributed by atoms with E-state index in [1.807, 2.05) is 6.92 Å². The molecule has 0 aliphatic carbocycles. The summed E-state index contributed by atoms with van der Waals surface area (Å²) in [6.07, 6.45) is -2.94. The SMILES string of the molecule is CCNC(=NCc1ccc(S(C)(=O)=O)cc1)NCCc1nc(C(F)(F)F)cs1.I. The van der Waals surface area contributed by atoms with Gasteiger partial charge in [0, 0.05) is 31.1 Å². The Morgan fingerprint density at radius 3 is 2.38 bits per heavy atom. The molecule has 0 saturated heterocycles. The van der Waals surface area contributed by atoms with Crippen molar-refractivity contribution in [2.75, 3.05) is 19.3 Å². The van der Waals surface area contributed by atoms with Gasteiger partial charge in [-0.2, -0.15) is 13.2 Å². The van der Waals surface area contributed by atoms with E-state index >= 15 is 0 Å². The summed E-state index contributed by atoms with van der Waals surface area (Å²) in [6, 6.07) is 6.44. The zero-order chi connectivity index (χ0) is 20.8. The van der Waals surface area contributed by atoms with Gasteiger partial charge in [0.2, 0.25) is 0 Å². The van der Waals surface area contributed by atoms with E-state index in [0.29, 0.717) is 37.0 Å². The van der Waals surface area contributed by atoms with E-state index in [0.717, 1.165) is 28.5 Å². The molecule has 0 radical (unpaired) electrons. The average molecular weight is 562 g/mol. The van der Waals surface area contributed by atoms with Gasteiger partial charge in [0.1, 0.15) is 0 Å². The minimum Gasteiger partial charge on any atom is -0.357 e. The Labute approximate surface area is 189 Å². The lowest BCUT2D eigenvalue weighted by Crippen LogP contribution is -2.38. The molecule has 0 aliphatic rings. The minimum absolute atomic E-state index is 0. The van der Waals surface area contributed by atoms with Gasteiger partial charge in [-0.05, 0) is 24.6 Å². The van der Waals surface area contributed by atoms with Crippen molar-refractivity contribution < 1.29 is 21.6 Å². The van der Waals surface area contributed by atoms with Crippen LogP contribution in [0.25, 0.3) is 0 Å². The summed E-state index contributed by atoms with van der Waals surface area (Å²) in [7, 11) is -3.24. The summed E-state index contributed by atoms with van der Waals surface area (Å²) in [5.74, 6) is 0.516. The highest BCUT2D eigenvalue weighted by atomic mass is 127. The molecule has 2 aromatic rings. The van der Waals surface area contributed by atoms with Crippen LogP contribution in [0.5, 0.6) is 0 Å². The van der Waals surface area contributed by atoms with Crippen LogP contribution in [0.4, 0.5) is 13.2 Å². The largest absolute Gasteiger partial charge is 0.434 e. The molecule has 0 amide bonds. The zero-order valence-corrected chi connectivity index (χ0v) is 19.7. The predicted octanol–water partition coefficient (Wildman–Crippen LogP) is 3.48. The third-order valence-electron chi connectivity index (χ3n) is 3.59. The fourth-order valence-electron chi connectivity index (χ4n) is 2.20. The van der Waals surface area contributed by atoms with Gasteiger partial charge in [-0.25, -0.2) is 18.4 Å². The van der Waals surface area contributed by atoms with Gasteiger partial charge in [0.25, 0.3) is 0 Å². The molecule has 0 spiro atoms. The first-order valence-electron chi connectivity index (χ1n) is 8.42. The van der Waals surface area contributed by atoms with E-state index in [1.165, 1.54) is 12.1 Å². The van der Waals surface area contributed by atoms with Crippen molar-refractivity contribution >= 4 is 51.1 Å². The summed E-state index contributed by atoms with van der Waals surface area (Å²) in [5, 5.41) is 7.51. The second kappa shape index (κ2) is 11.1. The van der Waals surface area contributed by atoms with Gasteiger partial charge >= 0.3 is 6.18 Å². The van der Waals surface area contributed by atoms with Gasteiger partial charge in [0.15, 0.2) is 21.5 Å². The van der Waals surface area contributed by atoms with Gasteiger partial charge in [0.05, 0.1) is 16.4 Å². The Morgan fingerprint density at radius 2 is 1.86 bits per heavy atom. The Bertz CT molecular complexity index is 914. The second-order valence-corrected chi connectivity index (χ2v) is 8.87. The number of halogens is 4. The maximum Gasteiger partial charge on any atom is 0.434 e. The second-order valence-electron chi connectivity index (χ2n) is 5.91. The molecule has 29 heavy (non-hydrogen) atoms. The predicted molar refractivity (Wildman–Crippen MR) is 119 cm³/mol. The molecule has 0 fully saturated rings. The van der Waals surface area contributed by atoms with Crippen LogP contribution in [0, 0.1) is 0 Å². The number of aliphatic imine (C=N–C) groups is 1. The number of aromatic nitrogens is 1. The Hall–Kier alpha value is -1.41. The van der Waals surface area contributed by atoms with Crippen LogP contribution in [-0.2, 0) is 29.0 Å². The van der Waals surface area contributed by atoms with E-state index in [-0.39, 0.29) is 28.9 Å². The normalized spacial score (nSPS) is 12.4. The Morgan fingerprint density at radius 1 is 1.21 bits per heavy atom. The van der Waals surface area contributed by atoms with Gasteiger partial charge in [-0.3, -0.25) is 0 Å². The molecule has 0 bridgehead atoms.